The highest BCUT2D eigenvalue weighted by atomic mass is 35.5. The lowest BCUT2D eigenvalue weighted by Gasteiger charge is -2.07. The first-order valence-corrected chi connectivity index (χ1v) is 7.06. The maximum atomic E-state index is 11.9. The molecule has 0 saturated heterocycles. The molecule has 1 N–H and O–H groups in total. The number of halogens is 2. The van der Waals surface area contributed by atoms with E-state index in [-0.39, 0.29) is 5.91 Å². The van der Waals surface area contributed by atoms with Crippen LogP contribution in [0.4, 0.5) is 0 Å². The Morgan fingerprint density at radius 3 is 2.55 bits per heavy atom. The van der Waals surface area contributed by atoms with Crippen molar-refractivity contribution in [1.29, 1.82) is 0 Å². The second-order valence-electron chi connectivity index (χ2n) is 4.69. The predicted octanol–water partition coefficient (Wildman–Crippen LogP) is 4.16. The number of hydrogen-bond donors (Lipinski definition) is 1. The lowest BCUT2D eigenvalue weighted by molar-refractivity contribution is -0.120. The molecule has 1 amide bonds. The standard InChI is InChI=1S/C16H15Cl2NO/c1-11-3-2-4-13(7-11)10-19-16(20)9-12-5-6-14(17)15(18)8-12/h2-8H,9-10H2,1H3,(H,19,20). The third kappa shape index (κ3) is 4.26. The second kappa shape index (κ2) is 6.78. The van der Waals surface area contributed by atoms with Crippen LogP contribution in [0.2, 0.25) is 10.0 Å². The molecule has 0 heterocycles. The SMILES string of the molecule is Cc1cccc(CNC(=O)Cc2ccc(Cl)c(Cl)c2)c1. The van der Waals surface area contributed by atoms with Crippen molar-refractivity contribution in [3.8, 4) is 0 Å². The van der Waals surface area contributed by atoms with Crippen molar-refractivity contribution >= 4 is 29.1 Å². The van der Waals surface area contributed by atoms with E-state index in [4.69, 9.17) is 23.2 Å². The molecule has 0 bridgehead atoms. The fourth-order valence-corrected chi connectivity index (χ4v) is 2.24. The lowest BCUT2D eigenvalue weighted by atomic mass is 10.1. The van der Waals surface area contributed by atoms with Gasteiger partial charge in [-0.15, -0.1) is 0 Å². The van der Waals surface area contributed by atoms with Gasteiger partial charge in [-0.3, -0.25) is 4.79 Å². The molecule has 0 saturated carbocycles. The highest BCUT2D eigenvalue weighted by Gasteiger charge is 2.05. The number of nitrogens with one attached hydrogen (secondary N) is 1. The number of benzene rings is 2. The molecule has 0 unspecified atom stereocenters. The van der Waals surface area contributed by atoms with Gasteiger partial charge in [-0.1, -0.05) is 59.1 Å². The molecule has 0 spiro atoms. The molecular weight excluding hydrogens is 293 g/mol. The molecule has 0 radical (unpaired) electrons. The van der Waals surface area contributed by atoms with E-state index in [2.05, 4.69) is 11.4 Å². The fourth-order valence-electron chi connectivity index (χ4n) is 1.92. The summed E-state index contributed by atoms with van der Waals surface area (Å²) in [4.78, 5) is 11.9. The van der Waals surface area contributed by atoms with Gasteiger partial charge >= 0.3 is 0 Å². The summed E-state index contributed by atoms with van der Waals surface area (Å²) in [5, 5.41) is 3.86. The van der Waals surface area contributed by atoms with Gasteiger partial charge in [0.25, 0.3) is 0 Å². The summed E-state index contributed by atoms with van der Waals surface area (Å²) in [6.45, 7) is 2.56. The monoisotopic (exact) mass is 307 g/mol. The van der Waals surface area contributed by atoms with Gasteiger partial charge in [0.1, 0.15) is 0 Å². The molecule has 0 aromatic heterocycles. The second-order valence-corrected chi connectivity index (χ2v) is 5.51. The highest BCUT2D eigenvalue weighted by molar-refractivity contribution is 6.42. The zero-order valence-electron chi connectivity index (χ0n) is 11.1. The Morgan fingerprint density at radius 2 is 1.85 bits per heavy atom. The van der Waals surface area contributed by atoms with Crippen LogP contribution in [-0.2, 0) is 17.8 Å². The first-order chi connectivity index (χ1) is 9.54. The van der Waals surface area contributed by atoms with Crippen LogP contribution in [0.15, 0.2) is 42.5 Å². The maximum Gasteiger partial charge on any atom is 0.224 e. The van der Waals surface area contributed by atoms with Crippen molar-refractivity contribution in [1.82, 2.24) is 5.32 Å². The van der Waals surface area contributed by atoms with Crippen molar-refractivity contribution < 1.29 is 4.79 Å². The number of aryl methyl sites for hydroxylation is 1. The van der Waals surface area contributed by atoms with Crippen LogP contribution in [-0.4, -0.2) is 5.91 Å². The molecule has 2 rings (SSSR count). The lowest BCUT2D eigenvalue weighted by Crippen LogP contribution is -2.24. The first kappa shape index (κ1) is 14.9. The molecule has 0 atom stereocenters. The summed E-state index contributed by atoms with van der Waals surface area (Å²) in [5.74, 6) is -0.0371. The summed E-state index contributed by atoms with van der Waals surface area (Å²) >= 11 is 11.8. The summed E-state index contributed by atoms with van der Waals surface area (Å²) in [5.41, 5.74) is 3.12. The van der Waals surface area contributed by atoms with Crippen LogP contribution in [0, 0.1) is 6.92 Å². The van der Waals surface area contributed by atoms with Crippen LogP contribution >= 0.6 is 23.2 Å². The normalized spacial score (nSPS) is 10.3. The van der Waals surface area contributed by atoms with Gasteiger partial charge in [0, 0.05) is 6.54 Å². The Labute approximate surface area is 128 Å². The Morgan fingerprint density at radius 1 is 1.05 bits per heavy atom. The first-order valence-electron chi connectivity index (χ1n) is 6.31. The van der Waals surface area contributed by atoms with Crippen molar-refractivity contribution in [3.63, 3.8) is 0 Å². The molecule has 2 aromatic rings. The van der Waals surface area contributed by atoms with E-state index in [1.54, 1.807) is 18.2 Å². The molecule has 0 aliphatic rings. The molecule has 20 heavy (non-hydrogen) atoms. The number of amides is 1. The van der Waals surface area contributed by atoms with Gasteiger partial charge in [0.2, 0.25) is 5.91 Å². The fraction of sp³-hybridized carbons (Fsp3) is 0.188. The minimum atomic E-state index is -0.0371. The van der Waals surface area contributed by atoms with Crippen molar-refractivity contribution in [2.75, 3.05) is 0 Å². The van der Waals surface area contributed by atoms with E-state index in [9.17, 15) is 4.79 Å². The minimum absolute atomic E-state index is 0.0371. The maximum absolute atomic E-state index is 11.9. The molecule has 0 aliphatic carbocycles. The molecular formula is C16H15Cl2NO. The third-order valence-electron chi connectivity index (χ3n) is 2.92. The predicted molar refractivity (Wildman–Crippen MR) is 83.2 cm³/mol. The Bertz CT molecular complexity index is 626. The largest absolute Gasteiger partial charge is 0.352 e. The van der Waals surface area contributed by atoms with Crippen molar-refractivity contribution in [2.24, 2.45) is 0 Å². The average Bonchev–Trinajstić information content (AvgIpc) is 2.41. The number of rotatable bonds is 4. The minimum Gasteiger partial charge on any atom is -0.352 e. The molecule has 0 aliphatic heterocycles. The third-order valence-corrected chi connectivity index (χ3v) is 3.66. The van der Waals surface area contributed by atoms with Gasteiger partial charge in [0.05, 0.1) is 16.5 Å². The van der Waals surface area contributed by atoms with E-state index >= 15 is 0 Å². The van der Waals surface area contributed by atoms with Gasteiger partial charge in [-0.25, -0.2) is 0 Å². The van der Waals surface area contributed by atoms with Crippen LogP contribution in [0.3, 0.4) is 0 Å². The van der Waals surface area contributed by atoms with E-state index in [0.29, 0.717) is 23.0 Å². The topological polar surface area (TPSA) is 29.1 Å². The molecule has 0 fully saturated rings. The van der Waals surface area contributed by atoms with Crippen molar-refractivity contribution in [2.45, 2.75) is 19.9 Å². The van der Waals surface area contributed by atoms with E-state index in [1.165, 1.54) is 5.56 Å². The molecule has 2 aromatic carbocycles. The van der Waals surface area contributed by atoms with Crippen LogP contribution in [0.5, 0.6) is 0 Å². The van der Waals surface area contributed by atoms with Crippen molar-refractivity contribution in [3.05, 3.63) is 69.2 Å². The summed E-state index contributed by atoms with van der Waals surface area (Å²) in [7, 11) is 0. The smallest absolute Gasteiger partial charge is 0.224 e. The quantitative estimate of drug-likeness (QED) is 0.903. The molecule has 4 heteroatoms. The summed E-state index contributed by atoms with van der Waals surface area (Å²) in [6, 6.07) is 13.3. The number of hydrogen-bond acceptors (Lipinski definition) is 1. The number of carbonyl (C=O) groups excluding carboxylic acids is 1. The van der Waals surface area contributed by atoms with E-state index < -0.39 is 0 Å². The van der Waals surface area contributed by atoms with Crippen LogP contribution in [0.1, 0.15) is 16.7 Å². The summed E-state index contributed by atoms with van der Waals surface area (Å²) in [6.07, 6.45) is 0.294. The molecule has 2 nitrogen and oxygen atoms in total. The Hall–Kier alpha value is -1.51. The highest BCUT2D eigenvalue weighted by Crippen LogP contribution is 2.22. The van der Waals surface area contributed by atoms with Gasteiger partial charge in [-0.05, 0) is 30.2 Å². The van der Waals surface area contributed by atoms with Crippen LogP contribution < -0.4 is 5.32 Å². The van der Waals surface area contributed by atoms with Crippen LogP contribution in [0.25, 0.3) is 0 Å². The van der Waals surface area contributed by atoms with E-state index in [0.717, 1.165) is 11.1 Å². The van der Waals surface area contributed by atoms with Gasteiger partial charge in [0.15, 0.2) is 0 Å². The van der Waals surface area contributed by atoms with Gasteiger partial charge < -0.3 is 5.32 Å². The van der Waals surface area contributed by atoms with Gasteiger partial charge in [-0.2, -0.15) is 0 Å². The number of carbonyl (C=O) groups is 1. The zero-order chi connectivity index (χ0) is 14.5. The Kier molecular flexibility index (Phi) is 5.05. The zero-order valence-corrected chi connectivity index (χ0v) is 12.6. The molecule has 104 valence electrons. The average molecular weight is 308 g/mol. The van der Waals surface area contributed by atoms with E-state index in [1.807, 2.05) is 25.1 Å². The Balaban J connectivity index is 1.91. The summed E-state index contributed by atoms with van der Waals surface area (Å²) < 4.78 is 0.